The van der Waals surface area contributed by atoms with E-state index in [4.69, 9.17) is 4.74 Å². The lowest BCUT2D eigenvalue weighted by molar-refractivity contribution is 0.246. The van der Waals surface area contributed by atoms with Crippen LogP contribution in [0.15, 0.2) is 42.6 Å². The molecule has 0 aliphatic carbocycles. The van der Waals surface area contributed by atoms with Crippen molar-refractivity contribution >= 4 is 22.9 Å². The van der Waals surface area contributed by atoms with Crippen LogP contribution in [0.4, 0.5) is 4.79 Å². The van der Waals surface area contributed by atoms with E-state index in [-0.39, 0.29) is 6.03 Å². The molecule has 0 aliphatic heterocycles. The molecule has 2 aromatic carbocycles. The zero-order valence-corrected chi connectivity index (χ0v) is 10.9. The van der Waals surface area contributed by atoms with Crippen LogP contribution in [0.3, 0.4) is 0 Å². The van der Waals surface area contributed by atoms with Gasteiger partial charge in [-0.1, -0.05) is 24.3 Å². The maximum atomic E-state index is 11.1. The average Bonchev–Trinajstić information content (AvgIpc) is 2.46. The van der Waals surface area contributed by atoms with Crippen LogP contribution < -0.4 is 15.4 Å². The first kappa shape index (κ1) is 13.0. The van der Waals surface area contributed by atoms with Gasteiger partial charge in [0.05, 0.1) is 7.11 Å². The first-order valence-corrected chi connectivity index (χ1v) is 5.96. The quantitative estimate of drug-likeness (QED) is 0.887. The maximum absolute atomic E-state index is 11.1. The van der Waals surface area contributed by atoms with Crippen molar-refractivity contribution < 1.29 is 9.53 Å². The van der Waals surface area contributed by atoms with Gasteiger partial charge in [-0.15, -0.1) is 0 Å². The van der Waals surface area contributed by atoms with Crippen molar-refractivity contribution in [2.24, 2.45) is 0 Å². The second kappa shape index (κ2) is 5.91. The van der Waals surface area contributed by atoms with Crippen molar-refractivity contribution in [3.63, 3.8) is 0 Å². The number of rotatable bonds is 3. The predicted molar refractivity (Wildman–Crippen MR) is 77.1 cm³/mol. The van der Waals surface area contributed by atoms with Crippen LogP contribution >= 0.6 is 0 Å². The molecule has 0 saturated heterocycles. The van der Waals surface area contributed by atoms with Gasteiger partial charge in [0.2, 0.25) is 0 Å². The van der Waals surface area contributed by atoms with Gasteiger partial charge < -0.3 is 15.4 Å². The highest BCUT2D eigenvalue weighted by atomic mass is 16.5. The zero-order chi connectivity index (χ0) is 13.7. The summed E-state index contributed by atoms with van der Waals surface area (Å²) in [4.78, 5) is 11.1. The van der Waals surface area contributed by atoms with E-state index in [0.717, 1.165) is 22.1 Å². The number of hydrogen-bond acceptors (Lipinski definition) is 2. The number of urea groups is 1. The van der Waals surface area contributed by atoms with Crippen LogP contribution in [-0.2, 0) is 0 Å². The van der Waals surface area contributed by atoms with Crippen LogP contribution in [0, 0.1) is 0 Å². The predicted octanol–water partition coefficient (Wildman–Crippen LogP) is 2.75. The Bertz CT molecular complexity index is 621. The molecule has 0 heterocycles. The Hall–Kier alpha value is -2.49. The van der Waals surface area contributed by atoms with Crippen molar-refractivity contribution in [1.82, 2.24) is 10.6 Å². The second-order valence-corrected chi connectivity index (χ2v) is 3.99. The number of amides is 2. The minimum atomic E-state index is -0.242. The monoisotopic (exact) mass is 256 g/mol. The minimum Gasteiger partial charge on any atom is -0.497 e. The highest BCUT2D eigenvalue weighted by Crippen LogP contribution is 2.24. The van der Waals surface area contributed by atoms with Crippen molar-refractivity contribution in [2.45, 2.75) is 0 Å². The summed E-state index contributed by atoms with van der Waals surface area (Å²) in [5.74, 6) is 0.813. The molecule has 0 atom stereocenters. The summed E-state index contributed by atoms with van der Waals surface area (Å²) in [6.07, 6.45) is 3.48. The normalized spacial score (nSPS) is 10.6. The Balaban J connectivity index is 2.34. The second-order valence-electron chi connectivity index (χ2n) is 3.99. The van der Waals surface area contributed by atoms with Gasteiger partial charge in [0.15, 0.2) is 0 Å². The smallest absolute Gasteiger partial charge is 0.318 e. The molecule has 2 rings (SSSR count). The molecule has 0 unspecified atom stereocenters. The summed E-state index contributed by atoms with van der Waals surface area (Å²) in [7, 11) is 3.22. The van der Waals surface area contributed by atoms with Gasteiger partial charge >= 0.3 is 6.03 Å². The van der Waals surface area contributed by atoms with Gasteiger partial charge in [0, 0.05) is 13.2 Å². The molecular weight excluding hydrogens is 240 g/mol. The molecule has 2 amide bonds. The summed E-state index contributed by atoms with van der Waals surface area (Å²) in [6.45, 7) is 0. The van der Waals surface area contributed by atoms with Crippen LogP contribution in [-0.4, -0.2) is 20.2 Å². The highest BCUT2D eigenvalue weighted by Gasteiger charge is 2.00. The first-order chi connectivity index (χ1) is 9.24. The fourth-order valence-corrected chi connectivity index (χ4v) is 1.83. The molecule has 4 nitrogen and oxygen atoms in total. The van der Waals surface area contributed by atoms with Gasteiger partial charge in [-0.05, 0) is 34.5 Å². The SMILES string of the molecule is CNC(=O)N/C=C/c1cccc2ccc(OC)cc12. The molecule has 2 aromatic rings. The lowest BCUT2D eigenvalue weighted by Gasteiger charge is -2.05. The summed E-state index contributed by atoms with van der Waals surface area (Å²) >= 11 is 0. The van der Waals surface area contributed by atoms with Crippen LogP contribution in [0.25, 0.3) is 16.8 Å². The van der Waals surface area contributed by atoms with Gasteiger partial charge in [0.25, 0.3) is 0 Å². The summed E-state index contributed by atoms with van der Waals surface area (Å²) < 4.78 is 5.23. The number of benzene rings is 2. The number of fused-ring (bicyclic) bond motifs is 1. The number of carbonyl (C=O) groups is 1. The van der Waals surface area contributed by atoms with Crippen molar-refractivity contribution in [2.75, 3.05) is 14.2 Å². The van der Waals surface area contributed by atoms with Gasteiger partial charge in [-0.3, -0.25) is 0 Å². The summed E-state index contributed by atoms with van der Waals surface area (Å²) in [5, 5.41) is 7.31. The number of carbonyl (C=O) groups excluding carboxylic acids is 1. The maximum Gasteiger partial charge on any atom is 0.318 e. The first-order valence-electron chi connectivity index (χ1n) is 5.96. The zero-order valence-electron chi connectivity index (χ0n) is 10.9. The molecule has 0 aromatic heterocycles. The van der Waals surface area contributed by atoms with E-state index in [9.17, 15) is 4.79 Å². The lowest BCUT2D eigenvalue weighted by Crippen LogP contribution is -2.28. The Morgan fingerprint density at radius 3 is 2.84 bits per heavy atom. The van der Waals surface area contributed by atoms with Crippen LogP contribution in [0.5, 0.6) is 5.75 Å². The van der Waals surface area contributed by atoms with E-state index < -0.39 is 0 Å². The number of hydrogen-bond donors (Lipinski definition) is 2. The van der Waals surface area contributed by atoms with E-state index in [2.05, 4.69) is 10.6 Å². The third-order valence-electron chi connectivity index (χ3n) is 2.83. The van der Waals surface area contributed by atoms with Crippen molar-refractivity contribution in [3.8, 4) is 5.75 Å². The molecule has 0 fully saturated rings. The van der Waals surface area contributed by atoms with Gasteiger partial charge in [0.1, 0.15) is 5.75 Å². The van der Waals surface area contributed by atoms with Crippen molar-refractivity contribution in [1.29, 1.82) is 0 Å². The van der Waals surface area contributed by atoms with E-state index in [0.29, 0.717) is 0 Å². The van der Waals surface area contributed by atoms with Crippen molar-refractivity contribution in [3.05, 3.63) is 48.2 Å². The standard InChI is InChI=1S/C15H16N2O2/c1-16-15(18)17-9-8-12-5-3-4-11-6-7-13(19-2)10-14(11)12/h3-10H,1-2H3,(H2,16,17,18)/b9-8+. The minimum absolute atomic E-state index is 0.242. The Labute approximate surface area is 112 Å². The van der Waals surface area contributed by atoms with Crippen LogP contribution in [0.1, 0.15) is 5.56 Å². The number of nitrogens with one attached hydrogen (secondary N) is 2. The largest absolute Gasteiger partial charge is 0.497 e. The summed E-state index contributed by atoms with van der Waals surface area (Å²) in [6, 6.07) is 11.7. The van der Waals surface area contributed by atoms with E-state index in [1.165, 1.54) is 0 Å². The third kappa shape index (κ3) is 3.04. The average molecular weight is 256 g/mol. The fourth-order valence-electron chi connectivity index (χ4n) is 1.83. The number of methoxy groups -OCH3 is 1. The molecule has 98 valence electrons. The molecule has 0 radical (unpaired) electrons. The Kier molecular flexibility index (Phi) is 4.03. The third-order valence-corrected chi connectivity index (χ3v) is 2.83. The summed E-state index contributed by atoms with van der Waals surface area (Å²) in [5.41, 5.74) is 1.02. The molecule has 0 aliphatic rings. The van der Waals surface area contributed by atoms with Gasteiger partial charge in [-0.2, -0.15) is 0 Å². The fraction of sp³-hybridized carbons (Fsp3) is 0.133. The molecule has 0 bridgehead atoms. The molecule has 19 heavy (non-hydrogen) atoms. The van der Waals surface area contributed by atoms with Crippen LogP contribution in [0.2, 0.25) is 0 Å². The van der Waals surface area contributed by atoms with E-state index in [1.807, 2.05) is 42.5 Å². The molecule has 0 saturated carbocycles. The lowest BCUT2D eigenvalue weighted by atomic mass is 10.0. The van der Waals surface area contributed by atoms with E-state index in [1.54, 1.807) is 20.4 Å². The Morgan fingerprint density at radius 1 is 1.26 bits per heavy atom. The molecule has 0 spiro atoms. The van der Waals surface area contributed by atoms with E-state index >= 15 is 0 Å². The highest BCUT2D eigenvalue weighted by molar-refractivity contribution is 5.91. The number of ether oxygens (including phenoxy) is 1. The Morgan fingerprint density at radius 2 is 2.11 bits per heavy atom. The molecule has 2 N–H and O–H groups in total. The van der Waals surface area contributed by atoms with Gasteiger partial charge in [-0.25, -0.2) is 4.79 Å². The molecular formula is C15H16N2O2. The topological polar surface area (TPSA) is 50.4 Å². The molecule has 4 heteroatoms.